The second-order valence-electron chi connectivity index (χ2n) is 4.24. The zero-order valence-corrected chi connectivity index (χ0v) is 11.5. The second kappa shape index (κ2) is 5.75. The molecule has 0 atom stereocenters. The Balaban J connectivity index is 2.12. The van der Waals surface area contributed by atoms with Gasteiger partial charge in [-0.3, -0.25) is 0 Å². The van der Waals surface area contributed by atoms with Gasteiger partial charge in [-0.05, 0) is 30.7 Å². The summed E-state index contributed by atoms with van der Waals surface area (Å²) in [6.07, 6.45) is 0. The molecule has 0 saturated carbocycles. The lowest BCUT2D eigenvalue weighted by Crippen LogP contribution is -2.05. The van der Waals surface area contributed by atoms with E-state index in [1.165, 1.54) is 11.3 Å². The second-order valence-corrected chi connectivity index (χ2v) is 5.24. The Morgan fingerprint density at radius 2 is 2.00 bits per heavy atom. The van der Waals surface area contributed by atoms with Crippen molar-refractivity contribution in [3.63, 3.8) is 0 Å². The van der Waals surface area contributed by atoms with Crippen molar-refractivity contribution >= 4 is 29.0 Å². The number of thiophene rings is 1. The van der Waals surface area contributed by atoms with Crippen LogP contribution in [-0.2, 0) is 6.54 Å². The van der Waals surface area contributed by atoms with Crippen LogP contribution >= 0.6 is 11.3 Å². The van der Waals surface area contributed by atoms with Crippen LogP contribution < -0.4 is 5.32 Å². The molecular formula is C14H13NO4S. The predicted octanol–water partition coefficient (Wildman–Crippen LogP) is 3.07. The number of carbonyl (C=O) groups is 2. The van der Waals surface area contributed by atoms with Gasteiger partial charge in [0.25, 0.3) is 0 Å². The van der Waals surface area contributed by atoms with Crippen molar-refractivity contribution in [2.75, 3.05) is 5.32 Å². The normalized spacial score (nSPS) is 10.2. The first-order valence-electron chi connectivity index (χ1n) is 5.86. The minimum absolute atomic E-state index is 0.257. The molecule has 0 bridgehead atoms. The fourth-order valence-electron chi connectivity index (χ4n) is 1.83. The Morgan fingerprint density at radius 3 is 2.60 bits per heavy atom. The average molecular weight is 291 g/mol. The van der Waals surface area contributed by atoms with E-state index in [9.17, 15) is 9.59 Å². The molecule has 0 aliphatic rings. The third-order valence-electron chi connectivity index (χ3n) is 2.92. The van der Waals surface area contributed by atoms with E-state index in [-0.39, 0.29) is 11.1 Å². The maximum atomic E-state index is 11.0. The summed E-state index contributed by atoms with van der Waals surface area (Å²) >= 11 is 1.35. The molecule has 20 heavy (non-hydrogen) atoms. The van der Waals surface area contributed by atoms with Crippen LogP contribution in [0.5, 0.6) is 0 Å². The summed E-state index contributed by atoms with van der Waals surface area (Å²) in [7, 11) is 0. The van der Waals surface area contributed by atoms with Crippen LogP contribution in [0.1, 0.15) is 31.2 Å². The van der Waals surface area contributed by atoms with E-state index in [4.69, 9.17) is 10.2 Å². The molecule has 5 nitrogen and oxygen atoms in total. The van der Waals surface area contributed by atoms with Crippen molar-refractivity contribution in [2.45, 2.75) is 13.5 Å². The molecular weight excluding hydrogens is 278 g/mol. The Labute approximate surface area is 119 Å². The number of hydrogen-bond acceptors (Lipinski definition) is 4. The summed E-state index contributed by atoms with van der Waals surface area (Å²) in [5.41, 5.74) is 1.92. The molecule has 0 radical (unpaired) electrons. The lowest BCUT2D eigenvalue weighted by atomic mass is 10.1. The van der Waals surface area contributed by atoms with Crippen LogP contribution in [0, 0.1) is 6.92 Å². The molecule has 1 aromatic heterocycles. The van der Waals surface area contributed by atoms with Gasteiger partial charge >= 0.3 is 11.9 Å². The highest BCUT2D eigenvalue weighted by molar-refractivity contribution is 7.10. The number of rotatable bonds is 5. The van der Waals surface area contributed by atoms with Crippen LogP contribution in [0.4, 0.5) is 5.69 Å². The minimum Gasteiger partial charge on any atom is -0.478 e. The van der Waals surface area contributed by atoms with Gasteiger partial charge in [0.2, 0.25) is 0 Å². The topological polar surface area (TPSA) is 86.6 Å². The van der Waals surface area contributed by atoms with Crippen LogP contribution in [0.25, 0.3) is 0 Å². The van der Waals surface area contributed by atoms with Gasteiger partial charge in [-0.2, -0.15) is 0 Å². The SMILES string of the molecule is Cc1c(NCc2cc(C(=O)O)cs2)cccc1C(=O)O. The third kappa shape index (κ3) is 2.97. The summed E-state index contributed by atoms with van der Waals surface area (Å²) < 4.78 is 0. The largest absolute Gasteiger partial charge is 0.478 e. The summed E-state index contributed by atoms with van der Waals surface area (Å²) in [6.45, 7) is 2.20. The van der Waals surface area contributed by atoms with Gasteiger partial charge in [-0.25, -0.2) is 9.59 Å². The average Bonchev–Trinajstić information content (AvgIpc) is 2.86. The van der Waals surface area contributed by atoms with E-state index >= 15 is 0 Å². The Kier molecular flexibility index (Phi) is 4.05. The molecule has 0 fully saturated rings. The van der Waals surface area contributed by atoms with Crippen molar-refractivity contribution in [1.82, 2.24) is 0 Å². The molecule has 1 aromatic carbocycles. The molecule has 0 aliphatic carbocycles. The number of anilines is 1. The van der Waals surface area contributed by atoms with E-state index in [2.05, 4.69) is 5.32 Å². The molecule has 0 saturated heterocycles. The van der Waals surface area contributed by atoms with E-state index in [0.717, 1.165) is 10.6 Å². The van der Waals surface area contributed by atoms with Gasteiger partial charge in [0.15, 0.2) is 0 Å². The van der Waals surface area contributed by atoms with Crippen molar-refractivity contribution in [1.29, 1.82) is 0 Å². The predicted molar refractivity (Wildman–Crippen MR) is 76.7 cm³/mol. The van der Waals surface area contributed by atoms with Crippen LogP contribution in [-0.4, -0.2) is 22.2 Å². The minimum atomic E-state index is -0.963. The van der Waals surface area contributed by atoms with E-state index < -0.39 is 11.9 Å². The molecule has 0 aliphatic heterocycles. The monoisotopic (exact) mass is 291 g/mol. The molecule has 6 heteroatoms. The maximum Gasteiger partial charge on any atom is 0.336 e. The quantitative estimate of drug-likeness (QED) is 0.788. The van der Waals surface area contributed by atoms with Gasteiger partial charge < -0.3 is 15.5 Å². The molecule has 1 heterocycles. The first-order valence-corrected chi connectivity index (χ1v) is 6.74. The highest BCUT2D eigenvalue weighted by atomic mass is 32.1. The first kappa shape index (κ1) is 14.1. The van der Waals surface area contributed by atoms with E-state index in [1.807, 2.05) is 0 Å². The van der Waals surface area contributed by atoms with Crippen LogP contribution in [0.2, 0.25) is 0 Å². The number of carboxylic acids is 2. The Morgan fingerprint density at radius 1 is 1.25 bits per heavy atom. The lowest BCUT2D eigenvalue weighted by molar-refractivity contribution is 0.0686. The summed E-state index contributed by atoms with van der Waals surface area (Å²) in [5, 5.41) is 22.6. The first-order chi connectivity index (χ1) is 9.49. The van der Waals surface area contributed by atoms with Gasteiger partial charge in [-0.15, -0.1) is 11.3 Å². The number of hydrogen-bond donors (Lipinski definition) is 3. The summed E-state index contributed by atoms with van der Waals surface area (Å²) in [5.74, 6) is -1.91. The zero-order chi connectivity index (χ0) is 14.7. The van der Waals surface area contributed by atoms with E-state index in [1.54, 1.807) is 36.6 Å². The van der Waals surface area contributed by atoms with Crippen LogP contribution in [0.3, 0.4) is 0 Å². The summed E-state index contributed by atoms with van der Waals surface area (Å²) in [4.78, 5) is 22.7. The number of carboxylic acid groups (broad SMARTS) is 2. The number of aromatic carboxylic acids is 2. The maximum absolute atomic E-state index is 11.0. The highest BCUT2D eigenvalue weighted by Gasteiger charge is 2.10. The molecule has 104 valence electrons. The van der Waals surface area contributed by atoms with Gasteiger partial charge in [0, 0.05) is 22.5 Å². The standard InChI is InChI=1S/C14H13NO4S/c1-8-11(14(18)19)3-2-4-12(8)15-6-10-5-9(7-20-10)13(16)17/h2-5,7,15H,6H2,1H3,(H,16,17)(H,18,19). The Hall–Kier alpha value is -2.34. The molecule has 3 N–H and O–H groups in total. The third-order valence-corrected chi connectivity index (χ3v) is 3.85. The number of nitrogens with one attached hydrogen (secondary N) is 1. The highest BCUT2D eigenvalue weighted by Crippen LogP contribution is 2.21. The van der Waals surface area contributed by atoms with Gasteiger partial charge in [0.05, 0.1) is 11.1 Å². The fraction of sp³-hybridized carbons (Fsp3) is 0.143. The Bertz CT molecular complexity index is 663. The molecule has 2 rings (SSSR count). The zero-order valence-electron chi connectivity index (χ0n) is 10.7. The molecule has 0 spiro atoms. The van der Waals surface area contributed by atoms with Crippen molar-refractivity contribution in [3.05, 3.63) is 51.2 Å². The number of benzene rings is 1. The lowest BCUT2D eigenvalue weighted by Gasteiger charge is -2.10. The molecule has 0 amide bonds. The van der Waals surface area contributed by atoms with Crippen molar-refractivity contribution < 1.29 is 19.8 Å². The van der Waals surface area contributed by atoms with Crippen molar-refractivity contribution in [3.8, 4) is 0 Å². The summed E-state index contributed by atoms with van der Waals surface area (Å²) in [6, 6.07) is 6.64. The van der Waals surface area contributed by atoms with Crippen molar-refractivity contribution in [2.24, 2.45) is 0 Å². The van der Waals surface area contributed by atoms with Crippen LogP contribution in [0.15, 0.2) is 29.6 Å². The van der Waals surface area contributed by atoms with E-state index in [0.29, 0.717) is 12.1 Å². The van der Waals surface area contributed by atoms with Gasteiger partial charge in [-0.1, -0.05) is 6.07 Å². The fourth-order valence-corrected chi connectivity index (χ4v) is 2.62. The van der Waals surface area contributed by atoms with Gasteiger partial charge in [0.1, 0.15) is 0 Å². The molecule has 0 unspecified atom stereocenters. The molecule has 2 aromatic rings. The smallest absolute Gasteiger partial charge is 0.336 e.